The molecule has 0 radical (unpaired) electrons. The summed E-state index contributed by atoms with van der Waals surface area (Å²) in [4.78, 5) is 12.7. The number of hydrogen-bond acceptors (Lipinski definition) is 2. The average molecular weight is 244 g/mol. The van der Waals surface area contributed by atoms with E-state index >= 15 is 0 Å². The van der Waals surface area contributed by atoms with Crippen LogP contribution < -0.4 is 4.74 Å². The Balaban J connectivity index is 2.15. The Morgan fingerprint density at radius 1 is 1.33 bits per heavy atom. The zero-order valence-electron chi connectivity index (χ0n) is 11.3. The molecule has 2 nitrogen and oxygen atoms in total. The molecule has 1 aromatic carbocycles. The molecule has 2 aliphatic rings. The van der Waals surface area contributed by atoms with E-state index in [9.17, 15) is 4.79 Å². The van der Waals surface area contributed by atoms with Crippen LogP contribution in [0, 0.1) is 17.8 Å². The Morgan fingerprint density at radius 2 is 2.06 bits per heavy atom. The minimum absolute atomic E-state index is 0.0346. The van der Waals surface area contributed by atoms with E-state index in [1.165, 1.54) is 0 Å². The van der Waals surface area contributed by atoms with Crippen molar-refractivity contribution in [3.05, 3.63) is 29.8 Å². The summed E-state index contributed by atoms with van der Waals surface area (Å²) in [6, 6.07) is 7.68. The number of ketones is 1. The summed E-state index contributed by atoms with van der Waals surface area (Å²) in [5, 5.41) is 0. The second-order valence-electron chi connectivity index (χ2n) is 6.07. The van der Waals surface area contributed by atoms with Crippen LogP contribution in [0.25, 0.3) is 0 Å². The first-order chi connectivity index (χ1) is 8.56. The highest BCUT2D eigenvalue weighted by Gasteiger charge is 2.57. The molecule has 3 atom stereocenters. The zero-order valence-corrected chi connectivity index (χ0v) is 11.3. The summed E-state index contributed by atoms with van der Waals surface area (Å²) in [5.41, 5.74) is 0.498. The SMILES string of the molecule is CC(C)[C@]12CC[C@H](C)[C@H]1C(=O)c1ccccc1O2. The largest absolute Gasteiger partial charge is 0.485 e. The number of carbonyl (C=O) groups is 1. The third kappa shape index (κ3) is 1.38. The van der Waals surface area contributed by atoms with Crippen LogP contribution in [0.15, 0.2) is 24.3 Å². The van der Waals surface area contributed by atoms with Crippen molar-refractivity contribution in [2.45, 2.75) is 39.2 Å². The Kier molecular flexibility index (Phi) is 2.51. The zero-order chi connectivity index (χ0) is 12.9. The van der Waals surface area contributed by atoms with E-state index in [0.29, 0.717) is 11.8 Å². The summed E-state index contributed by atoms with van der Waals surface area (Å²) in [7, 11) is 0. The molecule has 0 unspecified atom stereocenters. The molecular weight excluding hydrogens is 224 g/mol. The molecule has 18 heavy (non-hydrogen) atoms. The van der Waals surface area contributed by atoms with E-state index in [1.807, 2.05) is 24.3 Å². The van der Waals surface area contributed by atoms with Gasteiger partial charge in [-0.2, -0.15) is 0 Å². The Hall–Kier alpha value is -1.31. The fourth-order valence-electron chi connectivity index (χ4n) is 3.75. The van der Waals surface area contributed by atoms with Crippen molar-refractivity contribution in [2.75, 3.05) is 0 Å². The molecule has 2 heteroatoms. The number of benzene rings is 1. The maximum Gasteiger partial charge on any atom is 0.173 e. The molecule has 3 rings (SSSR count). The van der Waals surface area contributed by atoms with Gasteiger partial charge in [-0.3, -0.25) is 4.79 Å². The van der Waals surface area contributed by atoms with E-state index in [0.717, 1.165) is 24.2 Å². The normalized spacial score (nSPS) is 34.1. The molecule has 96 valence electrons. The van der Waals surface area contributed by atoms with Crippen molar-refractivity contribution in [3.63, 3.8) is 0 Å². The minimum Gasteiger partial charge on any atom is -0.485 e. The van der Waals surface area contributed by atoms with Gasteiger partial charge in [0, 0.05) is 0 Å². The number of hydrogen-bond donors (Lipinski definition) is 0. The molecule has 1 fully saturated rings. The summed E-state index contributed by atoms with van der Waals surface area (Å²) < 4.78 is 6.32. The molecular formula is C16H20O2. The Labute approximate surface area is 108 Å². The smallest absolute Gasteiger partial charge is 0.173 e. The first-order valence-electron chi connectivity index (χ1n) is 6.88. The first kappa shape index (κ1) is 11.8. The van der Waals surface area contributed by atoms with Gasteiger partial charge < -0.3 is 4.74 Å². The third-order valence-electron chi connectivity index (χ3n) is 4.80. The van der Waals surface area contributed by atoms with Gasteiger partial charge in [0.2, 0.25) is 0 Å². The highest BCUT2D eigenvalue weighted by molar-refractivity contribution is 6.02. The standard InChI is InChI=1S/C16H20O2/c1-10(2)16-9-8-11(3)14(16)15(17)12-6-4-5-7-13(12)18-16/h4-7,10-11,14H,8-9H2,1-3H3/t11-,14-,16+/m0/s1. The van der Waals surface area contributed by atoms with Gasteiger partial charge in [-0.25, -0.2) is 0 Å². The van der Waals surface area contributed by atoms with Gasteiger partial charge in [-0.05, 0) is 36.8 Å². The van der Waals surface area contributed by atoms with E-state index in [4.69, 9.17) is 4.74 Å². The number of ether oxygens (including phenoxy) is 1. The summed E-state index contributed by atoms with van der Waals surface area (Å²) in [6.45, 7) is 6.53. The molecule has 0 bridgehead atoms. The topological polar surface area (TPSA) is 26.3 Å². The highest BCUT2D eigenvalue weighted by Crippen LogP contribution is 2.52. The molecule has 1 aromatic rings. The highest BCUT2D eigenvalue weighted by atomic mass is 16.5. The maximum atomic E-state index is 12.7. The number of carbonyl (C=O) groups excluding carboxylic acids is 1. The van der Waals surface area contributed by atoms with Gasteiger partial charge in [0.15, 0.2) is 5.78 Å². The molecule has 1 heterocycles. The molecule has 0 amide bonds. The third-order valence-corrected chi connectivity index (χ3v) is 4.80. The minimum atomic E-state index is -0.273. The van der Waals surface area contributed by atoms with Gasteiger partial charge >= 0.3 is 0 Å². The van der Waals surface area contributed by atoms with Crippen LogP contribution in [0.2, 0.25) is 0 Å². The van der Waals surface area contributed by atoms with Crippen LogP contribution in [0.4, 0.5) is 0 Å². The van der Waals surface area contributed by atoms with Gasteiger partial charge in [-0.15, -0.1) is 0 Å². The second kappa shape index (κ2) is 3.84. The fraction of sp³-hybridized carbons (Fsp3) is 0.562. The quantitative estimate of drug-likeness (QED) is 0.753. The first-order valence-corrected chi connectivity index (χ1v) is 6.88. The monoisotopic (exact) mass is 244 g/mol. The number of Topliss-reactive ketones (excluding diaryl/α,β-unsaturated/α-hetero) is 1. The fourth-order valence-corrected chi connectivity index (χ4v) is 3.75. The van der Waals surface area contributed by atoms with Crippen molar-refractivity contribution >= 4 is 5.78 Å². The number of para-hydroxylation sites is 1. The lowest BCUT2D eigenvalue weighted by molar-refractivity contribution is -0.0228. The van der Waals surface area contributed by atoms with Crippen LogP contribution in [0.5, 0.6) is 5.75 Å². The van der Waals surface area contributed by atoms with Crippen LogP contribution in [0.3, 0.4) is 0 Å². The lowest BCUT2D eigenvalue weighted by atomic mass is 9.73. The van der Waals surface area contributed by atoms with Gasteiger partial charge in [0.1, 0.15) is 11.4 Å². The summed E-state index contributed by atoms with van der Waals surface area (Å²) in [6.07, 6.45) is 2.08. The average Bonchev–Trinajstić information content (AvgIpc) is 2.69. The van der Waals surface area contributed by atoms with Crippen molar-refractivity contribution in [2.24, 2.45) is 17.8 Å². The summed E-state index contributed by atoms with van der Waals surface area (Å²) >= 11 is 0. The lowest BCUT2D eigenvalue weighted by Gasteiger charge is -2.43. The van der Waals surface area contributed by atoms with Crippen molar-refractivity contribution in [3.8, 4) is 5.75 Å². The molecule has 1 aliphatic carbocycles. The molecule has 1 saturated carbocycles. The van der Waals surface area contributed by atoms with Gasteiger partial charge in [0.25, 0.3) is 0 Å². The van der Waals surface area contributed by atoms with Crippen molar-refractivity contribution in [1.29, 1.82) is 0 Å². The van der Waals surface area contributed by atoms with Gasteiger partial charge in [0.05, 0.1) is 11.5 Å². The Morgan fingerprint density at radius 3 is 2.78 bits per heavy atom. The van der Waals surface area contributed by atoms with Crippen LogP contribution in [0.1, 0.15) is 44.0 Å². The molecule has 0 aromatic heterocycles. The van der Waals surface area contributed by atoms with Crippen LogP contribution in [-0.4, -0.2) is 11.4 Å². The van der Waals surface area contributed by atoms with E-state index in [-0.39, 0.29) is 17.3 Å². The Bertz CT molecular complexity index is 492. The second-order valence-corrected chi connectivity index (χ2v) is 6.07. The predicted octanol–water partition coefficient (Wildman–Crippen LogP) is 3.70. The van der Waals surface area contributed by atoms with E-state index < -0.39 is 0 Å². The molecule has 0 spiro atoms. The van der Waals surface area contributed by atoms with Crippen molar-refractivity contribution in [1.82, 2.24) is 0 Å². The van der Waals surface area contributed by atoms with Crippen molar-refractivity contribution < 1.29 is 9.53 Å². The summed E-state index contributed by atoms with van der Waals surface area (Å²) in [5.74, 6) is 1.89. The predicted molar refractivity (Wildman–Crippen MR) is 70.9 cm³/mol. The van der Waals surface area contributed by atoms with Crippen LogP contribution >= 0.6 is 0 Å². The lowest BCUT2D eigenvalue weighted by Crippen LogP contribution is -2.52. The van der Waals surface area contributed by atoms with E-state index in [2.05, 4.69) is 20.8 Å². The molecule has 0 saturated heterocycles. The van der Waals surface area contributed by atoms with E-state index in [1.54, 1.807) is 0 Å². The van der Waals surface area contributed by atoms with Gasteiger partial charge in [-0.1, -0.05) is 32.9 Å². The molecule has 1 aliphatic heterocycles. The maximum absolute atomic E-state index is 12.7. The number of fused-ring (bicyclic) bond motifs is 2. The molecule has 0 N–H and O–H groups in total. The number of rotatable bonds is 1. The van der Waals surface area contributed by atoms with Crippen LogP contribution in [-0.2, 0) is 0 Å².